The largest absolute Gasteiger partial charge is 0.482 e. The summed E-state index contributed by atoms with van der Waals surface area (Å²) in [5.41, 5.74) is 3.41. The molecule has 2 aliphatic heterocycles. The molecule has 170 valence electrons. The van der Waals surface area contributed by atoms with E-state index in [1.807, 2.05) is 24.0 Å². The normalized spacial score (nSPS) is 16.6. The molecular weight excluding hydrogens is 423 g/mol. The summed E-state index contributed by atoms with van der Waals surface area (Å²) in [6.45, 7) is 4.72. The molecule has 0 unspecified atom stereocenters. The third kappa shape index (κ3) is 4.02. The summed E-state index contributed by atoms with van der Waals surface area (Å²) in [5, 5.41) is 0.806. The van der Waals surface area contributed by atoms with Crippen LogP contribution in [0, 0.1) is 12.7 Å². The van der Waals surface area contributed by atoms with Gasteiger partial charge >= 0.3 is 0 Å². The van der Waals surface area contributed by atoms with Crippen molar-refractivity contribution in [3.63, 3.8) is 0 Å². The number of rotatable bonds is 4. The summed E-state index contributed by atoms with van der Waals surface area (Å²) < 4.78 is 20.2. The molecule has 0 radical (unpaired) electrons. The Kier molecular flexibility index (Phi) is 5.46. The fourth-order valence-corrected chi connectivity index (χ4v) is 4.45. The van der Waals surface area contributed by atoms with Crippen molar-refractivity contribution < 1.29 is 18.7 Å². The Morgan fingerprint density at radius 3 is 2.67 bits per heavy atom. The number of fused-ring (bicyclic) bond motifs is 2. The van der Waals surface area contributed by atoms with Gasteiger partial charge in [0.2, 0.25) is 0 Å². The minimum atomic E-state index is -0.257. The van der Waals surface area contributed by atoms with Gasteiger partial charge in [-0.15, -0.1) is 0 Å². The summed E-state index contributed by atoms with van der Waals surface area (Å²) in [4.78, 5) is 35.0. The van der Waals surface area contributed by atoms with Gasteiger partial charge in [0, 0.05) is 49.9 Å². The molecule has 0 atom stereocenters. The first-order valence-corrected chi connectivity index (χ1v) is 11.0. The third-order valence-electron chi connectivity index (χ3n) is 6.36. The smallest absolute Gasteiger partial charge is 0.264 e. The van der Waals surface area contributed by atoms with Crippen LogP contribution in [0.15, 0.2) is 42.5 Å². The van der Waals surface area contributed by atoms with E-state index < -0.39 is 0 Å². The van der Waals surface area contributed by atoms with Crippen LogP contribution in [0.1, 0.15) is 16.1 Å². The van der Waals surface area contributed by atoms with Gasteiger partial charge in [0.1, 0.15) is 11.6 Å². The van der Waals surface area contributed by atoms with Gasteiger partial charge in [-0.05, 0) is 49.4 Å². The van der Waals surface area contributed by atoms with E-state index >= 15 is 0 Å². The molecule has 0 bridgehead atoms. The van der Waals surface area contributed by atoms with Gasteiger partial charge in [0.25, 0.3) is 5.91 Å². The number of ether oxygens (including phenoxy) is 1. The number of Topliss-reactive ketones (excluding diaryl/α,β-unsaturated/α-hetero) is 1. The Morgan fingerprint density at radius 1 is 1.09 bits per heavy atom. The van der Waals surface area contributed by atoms with E-state index in [0.717, 1.165) is 16.6 Å². The van der Waals surface area contributed by atoms with Crippen molar-refractivity contribution in [2.24, 2.45) is 0 Å². The highest BCUT2D eigenvalue weighted by atomic mass is 19.1. The number of anilines is 2. The highest BCUT2D eigenvalue weighted by Crippen LogP contribution is 2.33. The van der Waals surface area contributed by atoms with Gasteiger partial charge in [0.15, 0.2) is 12.4 Å². The molecule has 0 aliphatic carbocycles. The number of benzene rings is 2. The Morgan fingerprint density at radius 2 is 1.88 bits per heavy atom. The van der Waals surface area contributed by atoms with Crippen molar-refractivity contribution in [2.45, 2.75) is 6.92 Å². The summed E-state index contributed by atoms with van der Waals surface area (Å²) in [7, 11) is 1.68. The molecular formula is C25H25FN4O3. The second-order valence-electron chi connectivity index (χ2n) is 8.53. The monoisotopic (exact) mass is 448 g/mol. The average Bonchev–Trinajstić information content (AvgIpc) is 2.82. The van der Waals surface area contributed by atoms with E-state index in [9.17, 15) is 14.0 Å². The van der Waals surface area contributed by atoms with Gasteiger partial charge < -0.3 is 14.5 Å². The van der Waals surface area contributed by atoms with Crippen LogP contribution in [0.3, 0.4) is 0 Å². The lowest BCUT2D eigenvalue weighted by Gasteiger charge is -2.36. The van der Waals surface area contributed by atoms with E-state index in [2.05, 4.69) is 9.88 Å². The number of nitrogens with zero attached hydrogens (tertiary/aromatic N) is 4. The Balaban J connectivity index is 1.27. The Hall–Kier alpha value is -3.52. The summed E-state index contributed by atoms with van der Waals surface area (Å²) in [6.07, 6.45) is 0. The van der Waals surface area contributed by atoms with Gasteiger partial charge in [-0.1, -0.05) is 0 Å². The number of carbonyl (C=O) groups is 2. The first-order valence-electron chi connectivity index (χ1n) is 11.0. The van der Waals surface area contributed by atoms with Crippen molar-refractivity contribution >= 4 is 34.0 Å². The number of carbonyl (C=O) groups excluding carboxylic acids is 2. The van der Waals surface area contributed by atoms with E-state index in [1.165, 1.54) is 11.0 Å². The molecule has 0 saturated carbocycles. The topological polar surface area (TPSA) is 66.0 Å². The minimum Gasteiger partial charge on any atom is -0.482 e. The average molecular weight is 448 g/mol. The molecule has 3 heterocycles. The Labute approximate surface area is 191 Å². The zero-order chi connectivity index (χ0) is 23.1. The first-order chi connectivity index (χ1) is 15.9. The highest BCUT2D eigenvalue weighted by molar-refractivity contribution is 6.02. The number of hydrogen-bond acceptors (Lipinski definition) is 6. The Bertz CT molecular complexity index is 1250. The molecule has 0 N–H and O–H groups in total. The lowest BCUT2D eigenvalue weighted by molar-refractivity contribution is -0.120. The molecule has 2 aromatic carbocycles. The molecule has 1 fully saturated rings. The van der Waals surface area contributed by atoms with E-state index in [1.54, 1.807) is 31.3 Å². The van der Waals surface area contributed by atoms with Gasteiger partial charge in [-0.25, -0.2) is 4.39 Å². The fraction of sp³-hybridized carbons (Fsp3) is 0.320. The maximum absolute atomic E-state index is 14.8. The van der Waals surface area contributed by atoms with Crippen LogP contribution >= 0.6 is 0 Å². The second-order valence-corrected chi connectivity index (χ2v) is 8.53. The van der Waals surface area contributed by atoms with Crippen LogP contribution in [-0.4, -0.2) is 68.0 Å². The fourth-order valence-electron chi connectivity index (χ4n) is 4.45. The molecule has 5 rings (SSSR count). The maximum Gasteiger partial charge on any atom is 0.264 e. The van der Waals surface area contributed by atoms with Gasteiger partial charge in [-0.3, -0.25) is 19.5 Å². The molecule has 1 aromatic heterocycles. The predicted molar refractivity (Wildman–Crippen MR) is 125 cm³/mol. The predicted octanol–water partition coefficient (Wildman–Crippen LogP) is 3.04. The zero-order valence-corrected chi connectivity index (χ0v) is 18.7. The molecule has 1 amide bonds. The SMILES string of the molecule is Cc1ccc2c(N3CCN(CC(=O)c4ccc5c(c4)N(C)C(=O)CO5)CC3)c(F)ccc2n1. The number of hydrogen-bond donors (Lipinski definition) is 0. The van der Waals surface area contributed by atoms with Crippen LogP contribution < -0.4 is 14.5 Å². The molecule has 3 aromatic rings. The van der Waals surface area contributed by atoms with E-state index in [-0.39, 0.29) is 30.7 Å². The maximum atomic E-state index is 14.8. The van der Waals surface area contributed by atoms with Crippen LogP contribution in [-0.2, 0) is 4.79 Å². The highest BCUT2D eigenvalue weighted by Gasteiger charge is 2.26. The number of aromatic nitrogens is 1. The molecule has 8 heteroatoms. The molecule has 0 spiro atoms. The number of piperazine rings is 1. The summed E-state index contributed by atoms with van der Waals surface area (Å²) in [5.74, 6) is 0.180. The van der Waals surface area contributed by atoms with Crippen LogP contribution in [0.25, 0.3) is 10.9 Å². The number of amides is 1. The van der Waals surface area contributed by atoms with Crippen molar-refractivity contribution in [2.75, 3.05) is 56.2 Å². The standard InChI is InChI=1S/C25H25FN4O3/c1-16-3-5-18-20(27-16)7-6-19(26)25(18)30-11-9-29(10-12-30)14-22(31)17-4-8-23-21(13-17)28(2)24(32)15-33-23/h3-8,13H,9-12,14-15H2,1-2H3. The zero-order valence-electron chi connectivity index (χ0n) is 18.7. The quantitative estimate of drug-likeness (QED) is 0.572. The van der Waals surface area contributed by atoms with Crippen molar-refractivity contribution in [1.82, 2.24) is 9.88 Å². The summed E-state index contributed by atoms with van der Waals surface area (Å²) in [6, 6.07) is 12.2. The van der Waals surface area contributed by atoms with Gasteiger partial charge in [-0.2, -0.15) is 0 Å². The number of likely N-dealkylation sites (N-methyl/N-ethyl adjacent to an activating group) is 1. The minimum absolute atomic E-state index is 0.00797. The van der Waals surface area contributed by atoms with Crippen molar-refractivity contribution in [1.29, 1.82) is 0 Å². The number of ketones is 1. The number of halogens is 1. The van der Waals surface area contributed by atoms with E-state index in [4.69, 9.17) is 4.74 Å². The molecule has 33 heavy (non-hydrogen) atoms. The number of aryl methyl sites for hydroxylation is 1. The van der Waals surface area contributed by atoms with Crippen molar-refractivity contribution in [3.8, 4) is 5.75 Å². The van der Waals surface area contributed by atoms with Crippen LogP contribution in [0.4, 0.5) is 15.8 Å². The van der Waals surface area contributed by atoms with Crippen molar-refractivity contribution in [3.05, 3.63) is 59.5 Å². The van der Waals surface area contributed by atoms with Gasteiger partial charge in [0.05, 0.1) is 23.4 Å². The molecule has 1 saturated heterocycles. The third-order valence-corrected chi connectivity index (χ3v) is 6.36. The second kappa shape index (κ2) is 8.44. The molecule has 7 nitrogen and oxygen atoms in total. The van der Waals surface area contributed by atoms with Crippen LogP contribution in [0.5, 0.6) is 5.75 Å². The van der Waals surface area contributed by atoms with E-state index in [0.29, 0.717) is 48.9 Å². The molecule has 2 aliphatic rings. The first kappa shape index (κ1) is 21.3. The lowest BCUT2D eigenvalue weighted by Crippen LogP contribution is -2.48. The summed E-state index contributed by atoms with van der Waals surface area (Å²) >= 11 is 0. The lowest BCUT2D eigenvalue weighted by atomic mass is 10.1. The number of pyridine rings is 1. The van der Waals surface area contributed by atoms with Crippen LogP contribution in [0.2, 0.25) is 0 Å².